The van der Waals surface area contributed by atoms with Gasteiger partial charge in [0.2, 0.25) is 6.29 Å². The van der Waals surface area contributed by atoms with Crippen molar-refractivity contribution in [2.24, 2.45) is 28.1 Å². The number of hydrogen-bond acceptors (Lipinski definition) is 38. The van der Waals surface area contributed by atoms with Crippen molar-refractivity contribution in [2.45, 2.75) is 292 Å². The minimum Gasteiger partial charge on any atom is -0.432 e. The molecule has 2 bridgehead atoms. The molecule has 4 saturated carbocycles. The van der Waals surface area contributed by atoms with E-state index in [1.54, 1.807) is 6.92 Å². The zero-order valence-corrected chi connectivity index (χ0v) is 54.8. The smallest absolute Gasteiger partial charge is 0.314 e. The average molecular weight is 1450 g/mol. The molecule has 0 unspecified atom stereocenters. The lowest BCUT2D eigenvalue weighted by Crippen LogP contribution is -2.69. The summed E-state index contributed by atoms with van der Waals surface area (Å²) in [6, 6.07) is 0. The van der Waals surface area contributed by atoms with Crippen LogP contribution < -0.4 is 0 Å². The summed E-state index contributed by atoms with van der Waals surface area (Å²) in [5.41, 5.74) is -3.54. The van der Waals surface area contributed by atoms with Gasteiger partial charge in [-0.15, -0.1) is 0 Å². The molecular weight excluding hydrogens is 1350 g/mol. The molecule has 0 aromatic heterocycles. The summed E-state index contributed by atoms with van der Waals surface area (Å²) in [4.78, 5) is 15.8. The molecule has 7 saturated heterocycles. The first kappa shape index (κ1) is 78.8. The normalized spacial score (nSPS) is 54.5. The second-order valence-electron chi connectivity index (χ2n) is 29.2. The van der Waals surface area contributed by atoms with Crippen LogP contribution in [0.1, 0.15) is 71.6 Å². The summed E-state index contributed by atoms with van der Waals surface area (Å²) in [5, 5.41) is 249. The van der Waals surface area contributed by atoms with Crippen LogP contribution in [0.5, 0.6) is 0 Å². The predicted molar refractivity (Wildman–Crippen MR) is 317 cm³/mol. The van der Waals surface area contributed by atoms with Crippen LogP contribution >= 0.6 is 0 Å². The fourth-order valence-electron chi connectivity index (χ4n) is 17.9. The van der Waals surface area contributed by atoms with Gasteiger partial charge in [0, 0.05) is 0 Å². The van der Waals surface area contributed by atoms with Crippen molar-refractivity contribution in [1.29, 1.82) is 0 Å². The van der Waals surface area contributed by atoms with E-state index in [9.17, 15) is 117 Å². The lowest BCUT2D eigenvalue weighted by atomic mass is 9.41. The van der Waals surface area contributed by atoms with E-state index in [0.29, 0.717) is 44.1 Å². The third-order valence-corrected chi connectivity index (χ3v) is 23.4. The number of carbonyl (C=O) groups excluding carboxylic acids is 1. The first-order chi connectivity index (χ1) is 47.3. The largest absolute Gasteiger partial charge is 0.432 e. The molecule has 0 aromatic carbocycles. The Balaban J connectivity index is 0.884. The zero-order chi connectivity index (χ0) is 72.7. The van der Waals surface area contributed by atoms with Crippen molar-refractivity contribution < 1.29 is 189 Å². The number of aliphatic hydroxyl groups is 23. The van der Waals surface area contributed by atoms with E-state index in [2.05, 4.69) is 13.5 Å². The van der Waals surface area contributed by atoms with Crippen LogP contribution in [-0.2, 0) is 71.1 Å². The fourth-order valence-corrected chi connectivity index (χ4v) is 17.9. The molecule has 0 aromatic rings. The topological polar surface area (TPSA) is 612 Å². The maximum Gasteiger partial charge on any atom is 0.314 e. The lowest BCUT2D eigenvalue weighted by Gasteiger charge is -2.64. The number of ether oxygens (including phenoxy) is 14. The van der Waals surface area contributed by atoms with Gasteiger partial charge in [-0.1, -0.05) is 19.9 Å². The molecule has 23 N–H and O–H groups in total. The number of hydrogen-bond donors (Lipinski definition) is 23. The number of carbonyl (C=O) groups is 1. The summed E-state index contributed by atoms with van der Waals surface area (Å²) in [7, 11) is 0. The van der Waals surface area contributed by atoms with Gasteiger partial charge < -0.3 is 184 Å². The Kier molecular flexibility index (Phi) is 24.6. The Morgan fingerprint density at radius 3 is 1.15 bits per heavy atom. The number of esters is 1. The lowest BCUT2D eigenvalue weighted by molar-refractivity contribution is -0.405. The summed E-state index contributed by atoms with van der Waals surface area (Å²) < 4.78 is 85.7. The Hall–Kier alpha value is -2.23. The van der Waals surface area contributed by atoms with Gasteiger partial charge >= 0.3 is 5.97 Å². The predicted octanol–water partition coefficient (Wildman–Crippen LogP) is -11.6. The van der Waals surface area contributed by atoms with E-state index in [4.69, 9.17) is 66.3 Å². The minimum atomic E-state index is -2.20. The molecule has 38 nitrogen and oxygen atoms in total. The van der Waals surface area contributed by atoms with Gasteiger partial charge in [0.15, 0.2) is 43.8 Å². The summed E-state index contributed by atoms with van der Waals surface area (Å²) in [6.07, 6.45) is -64.3. The summed E-state index contributed by atoms with van der Waals surface area (Å²) >= 11 is 0. The van der Waals surface area contributed by atoms with Crippen LogP contribution in [0.15, 0.2) is 12.2 Å². The standard InChI is InChI=1S/C62H100O38/c1-20-11-61-9-5-28-59(2,29(61)6-10-62(20,19-61)100-57-48(96-53-42(82)37(77)32(72)23(14-65)89-53)45(85)46(26(17-68)93-57)94-51-40(80)35(75)30(70)21(12-63)87-51)7-4-8-60(28,3)58(86)99-56-50(98-55-44(84)39(79)34(74)25(16-67)91-55)49(97-54-43(83)38(78)33(73)24(15-66)90-54)47(27(18-69)92-56)95-52-41(81)36(76)31(71)22(13-64)88-52/h21-57,63-85H,1,4-19H2,2-3H3/t21-,22-,23-,24-,25-,26-,27-,28+,29+,30-,31-,32-,33-,34-,35+,36+,37+,38+,39+,40-,41-,42-,43-,44-,45+,46-,47-,48-,49+,50-,51+,52+,53+,54+,55+,56+,57+,59-,60-,61-,62+/m1/s1. The molecular formula is C62H100O38. The van der Waals surface area contributed by atoms with Crippen molar-refractivity contribution in [3.63, 3.8) is 0 Å². The summed E-state index contributed by atoms with van der Waals surface area (Å²) in [5.74, 6) is -1.67. The van der Waals surface area contributed by atoms with Crippen LogP contribution in [0.3, 0.4) is 0 Å². The highest BCUT2D eigenvalue weighted by atomic mass is 16.8. The van der Waals surface area contributed by atoms with Crippen molar-refractivity contribution in [1.82, 2.24) is 0 Å². The van der Waals surface area contributed by atoms with Crippen molar-refractivity contribution in [3.8, 4) is 0 Å². The molecule has 11 fully saturated rings. The Bertz CT molecular complexity index is 2720. The van der Waals surface area contributed by atoms with E-state index in [1.165, 1.54) is 0 Å². The average Bonchev–Trinajstić information content (AvgIpc) is 1.46. The molecule has 0 radical (unpaired) electrons. The van der Waals surface area contributed by atoms with E-state index in [0.717, 1.165) is 0 Å². The Labute approximate surface area is 571 Å². The number of fused-ring (bicyclic) bond motifs is 3. The third kappa shape index (κ3) is 14.0. The highest BCUT2D eigenvalue weighted by Crippen LogP contribution is 2.74. The molecule has 4 aliphatic carbocycles. The van der Waals surface area contributed by atoms with Gasteiger partial charge in [-0.05, 0) is 86.5 Å². The SMILES string of the molecule is C=C1C[C@@]23CC[C@H]4[C@@](C)(CCC[C@@]4(C)C(=O)O[C@@H]4O[C@H](CO)[C@@H](O[C@@H]5O[C@H](CO)[C@@H](O)[C@H](O)[C@H]5O)[C@H](O[C@@H]5O[C@H](CO)[C@@H](O)[C@H](O)[C@H]5O)[C@H]4O[C@@H]4O[C@H](CO)[C@@H](O)[C@H](O)[C@H]4O)[C@@H]2CC[C@]1(O[C@@H]1O[C@H](CO)[C@@H](O[C@@H]2O[C@H](CO)[C@@H](O)[C@H](O)[C@H]2O)[C@H](O)[C@H]1O[C@@H]1O[C@H](CO)[C@@H](O)[C@H](O)[C@H]1O)C3. The van der Waals surface area contributed by atoms with Gasteiger partial charge in [-0.2, -0.15) is 0 Å². The van der Waals surface area contributed by atoms with Crippen LogP contribution in [0.25, 0.3) is 0 Å². The summed E-state index contributed by atoms with van der Waals surface area (Å²) in [6.45, 7) is 1.64. The van der Waals surface area contributed by atoms with E-state index in [1.807, 2.05) is 0 Å². The first-order valence-electron chi connectivity index (χ1n) is 33.9. The van der Waals surface area contributed by atoms with E-state index >= 15 is 4.79 Å². The number of aliphatic hydroxyl groups excluding tert-OH is 23. The Morgan fingerprint density at radius 2 is 0.730 bits per heavy atom. The van der Waals surface area contributed by atoms with Crippen molar-refractivity contribution in [2.75, 3.05) is 46.2 Å². The Morgan fingerprint density at radius 1 is 0.380 bits per heavy atom. The molecule has 100 heavy (non-hydrogen) atoms. The molecule has 7 heterocycles. The molecule has 7 aliphatic heterocycles. The third-order valence-electron chi connectivity index (χ3n) is 23.4. The second kappa shape index (κ2) is 31.2. The quantitative estimate of drug-likeness (QED) is 0.0288. The molecule has 11 aliphatic rings. The molecule has 11 rings (SSSR count). The number of rotatable bonds is 21. The van der Waals surface area contributed by atoms with E-state index in [-0.39, 0.29) is 25.2 Å². The van der Waals surface area contributed by atoms with Gasteiger partial charge in [-0.3, -0.25) is 4.79 Å². The first-order valence-corrected chi connectivity index (χ1v) is 33.9. The van der Waals surface area contributed by atoms with Crippen molar-refractivity contribution in [3.05, 3.63) is 12.2 Å². The van der Waals surface area contributed by atoms with Crippen LogP contribution in [0.2, 0.25) is 0 Å². The monoisotopic (exact) mass is 1450 g/mol. The molecule has 41 atom stereocenters. The maximum absolute atomic E-state index is 15.8. The highest BCUT2D eigenvalue weighted by molar-refractivity contribution is 5.77. The van der Waals surface area contributed by atoms with Crippen LogP contribution in [0.4, 0.5) is 0 Å². The zero-order valence-electron chi connectivity index (χ0n) is 54.8. The van der Waals surface area contributed by atoms with Crippen LogP contribution in [-0.4, -0.2) is 390 Å². The van der Waals surface area contributed by atoms with Gasteiger partial charge in [0.05, 0.1) is 57.3 Å². The van der Waals surface area contributed by atoms with Crippen molar-refractivity contribution >= 4 is 5.97 Å². The van der Waals surface area contributed by atoms with Gasteiger partial charge in [0.1, 0.15) is 165 Å². The highest BCUT2D eigenvalue weighted by Gasteiger charge is 2.70. The fraction of sp³-hybridized carbons (Fsp3) is 0.952. The molecule has 576 valence electrons. The van der Waals surface area contributed by atoms with Gasteiger partial charge in [-0.25, -0.2) is 0 Å². The van der Waals surface area contributed by atoms with Gasteiger partial charge in [0.25, 0.3) is 0 Å². The minimum absolute atomic E-state index is 0.192. The molecule has 38 heteroatoms. The molecule has 1 spiro atoms. The molecule has 0 amide bonds. The van der Waals surface area contributed by atoms with Crippen LogP contribution in [0, 0.1) is 28.1 Å². The van der Waals surface area contributed by atoms with E-state index < -0.39 is 295 Å². The maximum atomic E-state index is 15.8. The second-order valence-corrected chi connectivity index (χ2v) is 29.2.